The first kappa shape index (κ1) is 11.4. The van der Waals surface area contributed by atoms with Crippen LogP contribution in [0.1, 0.15) is 0 Å². The third kappa shape index (κ3) is 1.19. The van der Waals surface area contributed by atoms with Gasteiger partial charge in [-0.05, 0) is 38.4 Å². The normalized spacial score (nSPS) is 12.7. The SMILES string of the molecule is Oc1c(O)c2oc2c2c1cc1ccc3cccc4ccc2c1c34. The molecule has 0 saturated carbocycles. The molecule has 6 rings (SSSR count). The van der Waals surface area contributed by atoms with Gasteiger partial charge in [-0.3, -0.25) is 0 Å². The summed E-state index contributed by atoms with van der Waals surface area (Å²) in [6.07, 6.45) is 0. The van der Waals surface area contributed by atoms with E-state index in [-0.39, 0.29) is 11.5 Å². The molecule has 3 heteroatoms. The highest BCUT2D eigenvalue weighted by molar-refractivity contribution is 6.33. The fourth-order valence-corrected chi connectivity index (χ4v) is 3.87. The van der Waals surface area contributed by atoms with Crippen molar-refractivity contribution < 1.29 is 14.6 Å². The van der Waals surface area contributed by atoms with Crippen LogP contribution in [0.2, 0.25) is 0 Å². The van der Waals surface area contributed by atoms with E-state index in [2.05, 4.69) is 42.5 Å². The minimum Gasteiger partial charge on any atom is -0.504 e. The van der Waals surface area contributed by atoms with E-state index in [1.54, 1.807) is 0 Å². The van der Waals surface area contributed by atoms with E-state index in [1.165, 1.54) is 21.5 Å². The highest BCUT2D eigenvalue weighted by Crippen LogP contribution is 2.51. The summed E-state index contributed by atoms with van der Waals surface area (Å²) in [6, 6.07) is 16.6. The Hall–Kier alpha value is -3.20. The van der Waals surface area contributed by atoms with Crippen LogP contribution in [-0.2, 0) is 0 Å². The number of fused-ring (bicyclic) bond motifs is 4. The molecule has 0 saturated heterocycles. The lowest BCUT2D eigenvalue weighted by Crippen LogP contribution is -1.85. The molecule has 0 aliphatic heterocycles. The van der Waals surface area contributed by atoms with Crippen LogP contribution in [0, 0.1) is 0 Å². The third-order valence-corrected chi connectivity index (χ3v) is 4.94. The average Bonchev–Trinajstić information content (AvgIpc) is 3.37. The lowest BCUT2D eigenvalue weighted by atomic mass is 9.91. The maximum atomic E-state index is 10.3. The summed E-state index contributed by atoms with van der Waals surface area (Å²) in [6.45, 7) is 0. The number of rotatable bonds is 0. The van der Waals surface area contributed by atoms with E-state index in [1.807, 2.05) is 6.07 Å². The van der Waals surface area contributed by atoms with Crippen LogP contribution in [0.15, 0.2) is 52.9 Å². The first-order valence-electron chi connectivity index (χ1n) is 7.50. The molecule has 23 heavy (non-hydrogen) atoms. The quantitative estimate of drug-likeness (QED) is 0.226. The molecule has 0 atom stereocenters. The number of phenols is 2. The second-order valence-electron chi connectivity index (χ2n) is 6.11. The van der Waals surface area contributed by atoms with Crippen molar-refractivity contribution in [3.63, 3.8) is 0 Å². The summed E-state index contributed by atoms with van der Waals surface area (Å²) in [5.74, 6) is -0.276. The molecule has 0 radical (unpaired) electrons. The maximum absolute atomic E-state index is 10.3. The van der Waals surface area contributed by atoms with Crippen molar-refractivity contribution in [2.45, 2.75) is 0 Å². The van der Waals surface area contributed by atoms with Crippen LogP contribution in [-0.4, -0.2) is 10.2 Å². The Kier molecular flexibility index (Phi) is 1.69. The van der Waals surface area contributed by atoms with Gasteiger partial charge in [0.25, 0.3) is 0 Å². The van der Waals surface area contributed by atoms with Gasteiger partial charge in [0.05, 0.1) is 0 Å². The second kappa shape index (κ2) is 3.41. The van der Waals surface area contributed by atoms with Crippen molar-refractivity contribution >= 4 is 54.3 Å². The number of benzene rings is 5. The molecule has 1 aromatic heterocycles. The fraction of sp³-hybridized carbons (Fsp3) is 0. The van der Waals surface area contributed by atoms with Gasteiger partial charge in [-0.1, -0.05) is 42.5 Å². The summed E-state index contributed by atoms with van der Waals surface area (Å²) < 4.78 is 5.44. The minimum absolute atomic E-state index is 0.109. The van der Waals surface area contributed by atoms with Gasteiger partial charge in [0.1, 0.15) is 0 Å². The highest BCUT2D eigenvalue weighted by atomic mass is 16.4. The predicted molar refractivity (Wildman–Crippen MR) is 91.9 cm³/mol. The van der Waals surface area contributed by atoms with Gasteiger partial charge in [-0.15, -0.1) is 0 Å². The molecule has 2 N–H and O–H groups in total. The van der Waals surface area contributed by atoms with Crippen LogP contribution in [0.5, 0.6) is 11.5 Å². The van der Waals surface area contributed by atoms with Crippen LogP contribution >= 0.6 is 0 Å². The van der Waals surface area contributed by atoms with Crippen molar-refractivity contribution in [1.82, 2.24) is 0 Å². The predicted octanol–water partition coefficient (Wildman–Crippen LogP) is 5.33. The first-order chi connectivity index (χ1) is 11.2. The van der Waals surface area contributed by atoms with Gasteiger partial charge in [0.15, 0.2) is 11.3 Å². The molecular formula is C20H10O3. The van der Waals surface area contributed by atoms with Gasteiger partial charge < -0.3 is 14.6 Å². The van der Waals surface area contributed by atoms with Crippen LogP contribution in [0.3, 0.4) is 0 Å². The Morgan fingerprint density at radius 3 is 2.17 bits per heavy atom. The summed E-state index contributed by atoms with van der Waals surface area (Å²) in [5, 5.41) is 28.7. The monoisotopic (exact) mass is 298 g/mol. The standard InChI is InChI=1S/C20H10O3/c21-17-13-8-11-5-4-9-2-1-3-10-6-7-12(15(11)14(9)10)16(13)19-20(23-19)18(17)22/h1-8,21-22H. The lowest BCUT2D eigenvalue weighted by Gasteiger charge is -2.12. The topological polar surface area (TPSA) is 53.6 Å². The molecule has 108 valence electrons. The first-order valence-corrected chi connectivity index (χ1v) is 7.50. The number of hydrogen-bond acceptors (Lipinski definition) is 3. The van der Waals surface area contributed by atoms with Crippen molar-refractivity contribution in [1.29, 1.82) is 0 Å². The average molecular weight is 298 g/mol. The van der Waals surface area contributed by atoms with E-state index in [0.717, 1.165) is 16.2 Å². The molecule has 6 aromatic rings. The van der Waals surface area contributed by atoms with Gasteiger partial charge >= 0.3 is 0 Å². The van der Waals surface area contributed by atoms with E-state index < -0.39 is 0 Å². The molecule has 3 nitrogen and oxygen atoms in total. The van der Waals surface area contributed by atoms with Crippen molar-refractivity contribution in [3.05, 3.63) is 48.5 Å². The fourth-order valence-electron chi connectivity index (χ4n) is 3.87. The van der Waals surface area contributed by atoms with Crippen molar-refractivity contribution in [2.24, 2.45) is 0 Å². The molecule has 0 aliphatic rings. The maximum Gasteiger partial charge on any atom is 0.216 e. The molecule has 0 bridgehead atoms. The molecule has 0 unspecified atom stereocenters. The molecule has 1 heterocycles. The van der Waals surface area contributed by atoms with Gasteiger partial charge in [-0.25, -0.2) is 0 Å². The van der Waals surface area contributed by atoms with Gasteiger partial charge in [0.2, 0.25) is 11.3 Å². The van der Waals surface area contributed by atoms with Crippen LogP contribution < -0.4 is 0 Å². The van der Waals surface area contributed by atoms with E-state index in [4.69, 9.17) is 4.42 Å². The molecule has 0 fully saturated rings. The third-order valence-electron chi connectivity index (χ3n) is 4.94. The smallest absolute Gasteiger partial charge is 0.216 e. The second-order valence-corrected chi connectivity index (χ2v) is 6.11. The molecule has 0 amide bonds. The molecule has 0 aliphatic carbocycles. The molecule has 0 spiro atoms. The largest absolute Gasteiger partial charge is 0.504 e. The van der Waals surface area contributed by atoms with Gasteiger partial charge in [0, 0.05) is 10.8 Å². The Labute approximate surface area is 129 Å². The van der Waals surface area contributed by atoms with Crippen LogP contribution in [0.4, 0.5) is 0 Å². The lowest BCUT2D eigenvalue weighted by molar-refractivity contribution is 0.410. The zero-order valence-electron chi connectivity index (χ0n) is 11.9. The molecular weight excluding hydrogens is 288 g/mol. The zero-order valence-corrected chi connectivity index (χ0v) is 11.9. The zero-order chi connectivity index (χ0) is 15.3. The molecule has 5 aromatic carbocycles. The summed E-state index contributed by atoms with van der Waals surface area (Å²) >= 11 is 0. The summed E-state index contributed by atoms with van der Waals surface area (Å²) in [7, 11) is 0. The Morgan fingerprint density at radius 1 is 0.609 bits per heavy atom. The van der Waals surface area contributed by atoms with E-state index in [0.29, 0.717) is 16.6 Å². The Bertz CT molecular complexity index is 1360. The van der Waals surface area contributed by atoms with Gasteiger partial charge in [-0.2, -0.15) is 0 Å². The number of hydrogen-bond donors (Lipinski definition) is 2. The Balaban J connectivity index is 2.04. The van der Waals surface area contributed by atoms with E-state index >= 15 is 0 Å². The summed E-state index contributed by atoms with van der Waals surface area (Å²) in [4.78, 5) is 0. The van der Waals surface area contributed by atoms with E-state index in [9.17, 15) is 10.2 Å². The summed E-state index contributed by atoms with van der Waals surface area (Å²) in [5.41, 5.74) is 1.07. The Morgan fingerprint density at radius 2 is 1.35 bits per heavy atom. The minimum atomic E-state index is -0.166. The highest BCUT2D eigenvalue weighted by Gasteiger charge is 2.25. The van der Waals surface area contributed by atoms with Crippen LogP contribution in [0.25, 0.3) is 54.3 Å². The number of aromatic hydroxyl groups is 2. The number of phenolic OH excluding ortho intramolecular Hbond substituents is 2. The van der Waals surface area contributed by atoms with Crippen molar-refractivity contribution in [3.8, 4) is 11.5 Å². The van der Waals surface area contributed by atoms with Crippen molar-refractivity contribution in [2.75, 3.05) is 0 Å².